The molecule has 5 aromatic rings. The molecular formula is C29H19N3O2. The van der Waals surface area contributed by atoms with Crippen molar-refractivity contribution >= 4 is 33.6 Å². The lowest BCUT2D eigenvalue weighted by Gasteiger charge is -2.15. The Kier molecular flexibility index (Phi) is 4.20. The van der Waals surface area contributed by atoms with Crippen molar-refractivity contribution in [2.45, 2.75) is 6.92 Å². The summed E-state index contributed by atoms with van der Waals surface area (Å²) >= 11 is 0. The van der Waals surface area contributed by atoms with Gasteiger partial charge >= 0.3 is 0 Å². The molecule has 0 N–H and O–H groups in total. The fraction of sp³-hybridized carbons (Fsp3) is 0.0690. The summed E-state index contributed by atoms with van der Waals surface area (Å²) in [6.07, 6.45) is 0. The molecule has 1 aliphatic heterocycles. The van der Waals surface area contributed by atoms with Crippen molar-refractivity contribution in [3.8, 4) is 22.9 Å². The number of para-hydroxylation sites is 2. The molecule has 2 amide bonds. The minimum absolute atomic E-state index is 0.286. The van der Waals surface area contributed by atoms with Crippen LogP contribution in [0, 0.1) is 18.3 Å². The second-order valence-electron chi connectivity index (χ2n) is 8.56. The first-order valence-corrected chi connectivity index (χ1v) is 11.0. The van der Waals surface area contributed by atoms with Gasteiger partial charge in [-0.3, -0.25) is 14.5 Å². The molecule has 1 aromatic heterocycles. The van der Waals surface area contributed by atoms with E-state index in [1.165, 1.54) is 11.9 Å². The van der Waals surface area contributed by atoms with E-state index in [0.717, 1.165) is 38.5 Å². The first-order valence-electron chi connectivity index (χ1n) is 11.0. The van der Waals surface area contributed by atoms with E-state index < -0.39 is 0 Å². The van der Waals surface area contributed by atoms with Crippen molar-refractivity contribution in [3.05, 3.63) is 101 Å². The van der Waals surface area contributed by atoms with Gasteiger partial charge in [-0.25, -0.2) is 0 Å². The van der Waals surface area contributed by atoms with Crippen LogP contribution in [0.3, 0.4) is 0 Å². The number of imide groups is 1. The number of benzene rings is 4. The highest BCUT2D eigenvalue weighted by Crippen LogP contribution is 2.40. The zero-order valence-electron chi connectivity index (χ0n) is 18.7. The van der Waals surface area contributed by atoms with Gasteiger partial charge in [-0.2, -0.15) is 5.26 Å². The highest BCUT2D eigenvalue weighted by Gasteiger charge is 2.36. The van der Waals surface area contributed by atoms with E-state index in [1.54, 1.807) is 6.07 Å². The van der Waals surface area contributed by atoms with E-state index in [-0.39, 0.29) is 11.8 Å². The van der Waals surface area contributed by atoms with Crippen molar-refractivity contribution in [2.24, 2.45) is 0 Å². The Morgan fingerprint density at radius 1 is 0.765 bits per heavy atom. The molecule has 5 heteroatoms. The molecule has 2 heterocycles. The number of nitriles is 1. The molecule has 5 nitrogen and oxygen atoms in total. The van der Waals surface area contributed by atoms with E-state index >= 15 is 0 Å². The largest absolute Gasteiger partial charge is 0.308 e. The van der Waals surface area contributed by atoms with Crippen molar-refractivity contribution < 1.29 is 9.59 Å². The smallest absolute Gasteiger partial charge is 0.263 e. The highest BCUT2D eigenvalue weighted by atomic mass is 16.2. The fourth-order valence-corrected chi connectivity index (χ4v) is 5.09. The van der Waals surface area contributed by atoms with Gasteiger partial charge in [-0.05, 0) is 48.4 Å². The molecule has 0 aliphatic carbocycles. The lowest BCUT2D eigenvalue weighted by Crippen LogP contribution is -2.24. The number of rotatable bonds is 2. The van der Waals surface area contributed by atoms with Crippen LogP contribution < -0.4 is 0 Å². The number of aromatic nitrogens is 1. The number of hydrogen-bond donors (Lipinski definition) is 0. The van der Waals surface area contributed by atoms with Crippen LogP contribution in [0.25, 0.3) is 38.6 Å². The van der Waals surface area contributed by atoms with Gasteiger partial charge < -0.3 is 4.57 Å². The summed E-state index contributed by atoms with van der Waals surface area (Å²) in [5, 5.41) is 11.4. The molecule has 34 heavy (non-hydrogen) atoms. The summed E-state index contributed by atoms with van der Waals surface area (Å²) in [6.45, 7) is 2.00. The number of carbonyl (C=O) groups excluding carboxylic acids is 2. The Labute approximate surface area is 196 Å². The van der Waals surface area contributed by atoms with Gasteiger partial charge in [0.15, 0.2) is 0 Å². The predicted molar refractivity (Wildman–Crippen MR) is 132 cm³/mol. The van der Waals surface area contributed by atoms with Crippen LogP contribution in [0.4, 0.5) is 0 Å². The zero-order chi connectivity index (χ0) is 23.6. The summed E-state index contributed by atoms with van der Waals surface area (Å²) in [5.41, 5.74) is 7.06. The average molecular weight is 441 g/mol. The van der Waals surface area contributed by atoms with E-state index in [0.29, 0.717) is 22.4 Å². The average Bonchev–Trinajstić information content (AvgIpc) is 3.32. The van der Waals surface area contributed by atoms with E-state index in [1.807, 2.05) is 61.5 Å². The molecule has 0 spiro atoms. The maximum atomic E-state index is 13.1. The number of aryl methyl sites for hydroxylation is 1. The molecule has 1 aliphatic rings. The Morgan fingerprint density at radius 2 is 1.50 bits per heavy atom. The van der Waals surface area contributed by atoms with E-state index in [4.69, 9.17) is 0 Å². The third kappa shape index (κ3) is 2.60. The SMILES string of the molecule is Cc1cc(C#N)ccc1-c1cccc2c3ccccc3n(-c3cccc4c3C(=O)N(C)C4=O)c12. The fourth-order valence-electron chi connectivity index (χ4n) is 5.09. The molecule has 0 bridgehead atoms. The van der Waals surface area contributed by atoms with Gasteiger partial charge in [0.2, 0.25) is 0 Å². The summed E-state index contributed by atoms with van der Waals surface area (Å²) in [5.74, 6) is -0.584. The molecule has 0 unspecified atom stereocenters. The Bertz CT molecular complexity index is 1740. The predicted octanol–water partition coefficient (Wildman–Crippen LogP) is 5.86. The Balaban J connectivity index is 1.78. The van der Waals surface area contributed by atoms with Crippen molar-refractivity contribution in [2.75, 3.05) is 7.05 Å². The number of amides is 2. The van der Waals surface area contributed by atoms with Gasteiger partial charge in [-0.1, -0.05) is 48.5 Å². The first kappa shape index (κ1) is 20.0. The molecular weight excluding hydrogens is 422 g/mol. The van der Waals surface area contributed by atoms with Gasteiger partial charge in [0.25, 0.3) is 11.8 Å². The lowest BCUT2D eigenvalue weighted by atomic mass is 9.96. The molecule has 6 rings (SSSR count). The van der Waals surface area contributed by atoms with Crippen LogP contribution in [0.5, 0.6) is 0 Å². The summed E-state index contributed by atoms with van der Waals surface area (Å²) in [6, 6.07) is 27.6. The molecule has 0 saturated carbocycles. The van der Waals surface area contributed by atoms with Crippen LogP contribution in [-0.4, -0.2) is 28.3 Å². The zero-order valence-corrected chi connectivity index (χ0v) is 18.7. The minimum Gasteiger partial charge on any atom is -0.308 e. The van der Waals surface area contributed by atoms with Crippen LogP contribution in [0.15, 0.2) is 78.9 Å². The minimum atomic E-state index is -0.298. The van der Waals surface area contributed by atoms with Crippen molar-refractivity contribution in [1.82, 2.24) is 9.47 Å². The molecule has 0 radical (unpaired) electrons. The third-order valence-corrected chi connectivity index (χ3v) is 6.68. The molecule has 0 saturated heterocycles. The highest BCUT2D eigenvalue weighted by molar-refractivity contribution is 6.23. The second-order valence-corrected chi connectivity index (χ2v) is 8.56. The Morgan fingerprint density at radius 3 is 2.29 bits per heavy atom. The topological polar surface area (TPSA) is 66.1 Å². The Hall–Kier alpha value is -4.69. The van der Waals surface area contributed by atoms with Gasteiger partial charge in [-0.15, -0.1) is 0 Å². The summed E-state index contributed by atoms with van der Waals surface area (Å²) < 4.78 is 2.10. The van der Waals surface area contributed by atoms with Crippen LogP contribution in [0.1, 0.15) is 31.8 Å². The van der Waals surface area contributed by atoms with Gasteiger partial charge in [0.05, 0.1) is 39.5 Å². The van der Waals surface area contributed by atoms with Crippen molar-refractivity contribution in [3.63, 3.8) is 0 Å². The van der Waals surface area contributed by atoms with Gasteiger partial charge in [0.1, 0.15) is 0 Å². The number of carbonyl (C=O) groups is 2. The van der Waals surface area contributed by atoms with Crippen molar-refractivity contribution in [1.29, 1.82) is 5.26 Å². The molecule has 162 valence electrons. The first-order chi connectivity index (χ1) is 16.5. The van der Waals surface area contributed by atoms with Gasteiger partial charge in [0, 0.05) is 23.4 Å². The maximum absolute atomic E-state index is 13.1. The third-order valence-electron chi connectivity index (χ3n) is 6.68. The summed E-state index contributed by atoms with van der Waals surface area (Å²) in [4.78, 5) is 27.0. The lowest BCUT2D eigenvalue weighted by molar-refractivity contribution is 0.0693. The van der Waals surface area contributed by atoms with Crippen LogP contribution in [-0.2, 0) is 0 Å². The number of nitrogens with zero attached hydrogens (tertiary/aromatic N) is 3. The normalized spacial score (nSPS) is 13.0. The monoisotopic (exact) mass is 441 g/mol. The second kappa shape index (κ2) is 7.16. The number of hydrogen-bond acceptors (Lipinski definition) is 3. The van der Waals surface area contributed by atoms with E-state index in [2.05, 4.69) is 28.8 Å². The molecule has 0 fully saturated rings. The van der Waals surface area contributed by atoms with E-state index in [9.17, 15) is 14.9 Å². The quantitative estimate of drug-likeness (QED) is 0.323. The number of fused-ring (bicyclic) bond motifs is 4. The van der Waals surface area contributed by atoms with Crippen LogP contribution >= 0.6 is 0 Å². The summed E-state index contributed by atoms with van der Waals surface area (Å²) in [7, 11) is 1.52. The maximum Gasteiger partial charge on any atom is 0.263 e. The standard InChI is InChI=1S/C29H19N3O2/c1-17-15-18(16-30)13-14-19(17)21-8-5-9-22-20-7-3-4-11-24(20)32(27(21)22)25-12-6-10-23-26(25)29(34)31(2)28(23)33/h3-15H,1-2H3. The van der Waals surface area contributed by atoms with Crippen LogP contribution in [0.2, 0.25) is 0 Å². The molecule has 0 atom stereocenters. The molecule has 4 aromatic carbocycles.